The van der Waals surface area contributed by atoms with Crippen LogP contribution in [0.2, 0.25) is 0 Å². The van der Waals surface area contributed by atoms with Gasteiger partial charge >= 0.3 is 0 Å². The second-order valence-corrected chi connectivity index (χ2v) is 9.44. The minimum atomic E-state index is -0.117. The molecular weight excluding hydrogens is 284 g/mol. The summed E-state index contributed by atoms with van der Waals surface area (Å²) in [7, 11) is 0. The maximum absolute atomic E-state index is 12.2. The van der Waals surface area contributed by atoms with E-state index in [1.165, 1.54) is 25.7 Å². The van der Waals surface area contributed by atoms with Crippen LogP contribution in [-0.4, -0.2) is 17.0 Å². The number of aliphatic hydroxyl groups is 1. The Balaban J connectivity index is 1.66. The van der Waals surface area contributed by atoms with E-state index in [-0.39, 0.29) is 11.5 Å². The van der Waals surface area contributed by atoms with Crippen molar-refractivity contribution in [3.05, 3.63) is 11.6 Å². The van der Waals surface area contributed by atoms with Gasteiger partial charge in [0, 0.05) is 5.92 Å². The Kier molecular flexibility index (Phi) is 3.58. The monoisotopic (exact) mass is 316 g/mol. The number of Topliss-reactive ketones (excluding diaryl/α,β-unsaturated/α-hetero) is 1. The van der Waals surface area contributed by atoms with E-state index in [0.717, 1.165) is 43.4 Å². The summed E-state index contributed by atoms with van der Waals surface area (Å²) in [5.41, 5.74) is 2.11. The smallest absolute Gasteiger partial charge is 0.133 e. The van der Waals surface area contributed by atoms with Gasteiger partial charge in [-0.05, 0) is 86.9 Å². The number of carbonyl (C=O) groups excluding carboxylic acids is 1. The van der Waals surface area contributed by atoms with Crippen LogP contribution in [0.25, 0.3) is 0 Å². The number of hydrogen-bond acceptors (Lipinski definition) is 2. The van der Waals surface area contributed by atoms with Crippen molar-refractivity contribution in [2.24, 2.45) is 34.5 Å². The SMILES string of the molecule is CC(=O)C1CC[C@H]2C3CC=C4C[C@@H](O)CC[C@]4(C)[C@H]3CCC12C. The highest BCUT2D eigenvalue weighted by atomic mass is 16.3. The third-order valence-corrected chi connectivity index (χ3v) is 8.57. The molecule has 2 heteroatoms. The largest absolute Gasteiger partial charge is 0.393 e. The van der Waals surface area contributed by atoms with Gasteiger partial charge in [-0.2, -0.15) is 0 Å². The molecule has 2 nitrogen and oxygen atoms in total. The lowest BCUT2D eigenvalue weighted by Gasteiger charge is -2.57. The zero-order valence-electron chi connectivity index (χ0n) is 15.0. The van der Waals surface area contributed by atoms with Gasteiger partial charge in [0.25, 0.3) is 0 Å². The zero-order valence-corrected chi connectivity index (χ0v) is 15.0. The van der Waals surface area contributed by atoms with E-state index in [1.54, 1.807) is 5.57 Å². The average Bonchev–Trinajstić information content (AvgIpc) is 2.85. The lowest BCUT2D eigenvalue weighted by atomic mass is 9.47. The molecule has 4 aliphatic rings. The second-order valence-electron chi connectivity index (χ2n) is 9.44. The highest BCUT2D eigenvalue weighted by molar-refractivity contribution is 5.79. The predicted octanol–water partition coefficient (Wildman–Crippen LogP) is 4.52. The summed E-state index contributed by atoms with van der Waals surface area (Å²) in [6.07, 6.45) is 11.5. The van der Waals surface area contributed by atoms with Crippen molar-refractivity contribution in [3.63, 3.8) is 0 Å². The molecule has 0 aliphatic heterocycles. The minimum absolute atomic E-state index is 0.117. The van der Waals surface area contributed by atoms with Crippen LogP contribution >= 0.6 is 0 Å². The lowest BCUT2D eigenvalue weighted by molar-refractivity contribution is -0.127. The first-order valence-corrected chi connectivity index (χ1v) is 9.74. The molecule has 0 saturated heterocycles. The summed E-state index contributed by atoms with van der Waals surface area (Å²) in [5, 5.41) is 10.1. The van der Waals surface area contributed by atoms with Gasteiger partial charge < -0.3 is 5.11 Å². The molecule has 3 fully saturated rings. The highest BCUT2D eigenvalue weighted by Crippen LogP contribution is 2.66. The van der Waals surface area contributed by atoms with Gasteiger partial charge in [-0.1, -0.05) is 25.5 Å². The van der Waals surface area contributed by atoms with Crippen LogP contribution in [0.4, 0.5) is 0 Å². The topological polar surface area (TPSA) is 37.3 Å². The van der Waals surface area contributed by atoms with Gasteiger partial charge in [0.1, 0.15) is 5.78 Å². The van der Waals surface area contributed by atoms with Crippen molar-refractivity contribution in [2.75, 3.05) is 0 Å². The Morgan fingerprint density at radius 1 is 1.13 bits per heavy atom. The van der Waals surface area contributed by atoms with Crippen molar-refractivity contribution in [3.8, 4) is 0 Å². The molecule has 1 N–H and O–H groups in total. The van der Waals surface area contributed by atoms with Crippen LogP contribution in [0.1, 0.15) is 72.1 Å². The Labute approximate surface area is 140 Å². The lowest BCUT2D eigenvalue weighted by Crippen LogP contribution is -2.50. The van der Waals surface area contributed by atoms with E-state index in [9.17, 15) is 9.90 Å². The summed E-state index contributed by atoms with van der Waals surface area (Å²) < 4.78 is 0. The summed E-state index contributed by atoms with van der Waals surface area (Å²) in [6.45, 7) is 6.70. The molecule has 0 aromatic heterocycles. The van der Waals surface area contributed by atoms with Crippen LogP contribution < -0.4 is 0 Å². The third-order valence-electron chi connectivity index (χ3n) is 8.57. The molecule has 3 unspecified atom stereocenters. The first kappa shape index (κ1) is 15.9. The predicted molar refractivity (Wildman–Crippen MR) is 91.9 cm³/mol. The van der Waals surface area contributed by atoms with E-state index in [4.69, 9.17) is 0 Å². The molecule has 0 spiro atoms. The first-order valence-electron chi connectivity index (χ1n) is 9.74. The maximum Gasteiger partial charge on any atom is 0.133 e. The normalized spacial score (nSPS) is 52.2. The number of rotatable bonds is 1. The molecule has 0 radical (unpaired) electrons. The summed E-state index contributed by atoms with van der Waals surface area (Å²) >= 11 is 0. The zero-order chi connectivity index (χ0) is 16.4. The van der Waals surface area contributed by atoms with Crippen LogP contribution in [0.15, 0.2) is 11.6 Å². The van der Waals surface area contributed by atoms with Gasteiger partial charge in [-0.15, -0.1) is 0 Å². The van der Waals surface area contributed by atoms with Crippen molar-refractivity contribution in [1.82, 2.24) is 0 Å². The molecule has 4 rings (SSSR count). The van der Waals surface area contributed by atoms with E-state index < -0.39 is 0 Å². The average molecular weight is 316 g/mol. The molecule has 0 bridgehead atoms. The molecule has 7 atom stereocenters. The van der Waals surface area contributed by atoms with Crippen LogP contribution in [-0.2, 0) is 4.79 Å². The molecule has 0 amide bonds. The molecule has 4 aliphatic carbocycles. The van der Waals surface area contributed by atoms with Crippen LogP contribution in [0.3, 0.4) is 0 Å². The quantitative estimate of drug-likeness (QED) is 0.722. The van der Waals surface area contributed by atoms with Crippen LogP contribution in [0, 0.1) is 34.5 Å². The van der Waals surface area contributed by atoms with Gasteiger partial charge in [-0.3, -0.25) is 4.79 Å². The first-order chi connectivity index (χ1) is 10.9. The third kappa shape index (κ3) is 2.13. The second kappa shape index (κ2) is 5.18. The number of ketones is 1. The molecule has 23 heavy (non-hydrogen) atoms. The van der Waals surface area contributed by atoms with Gasteiger partial charge in [0.2, 0.25) is 0 Å². The Bertz CT molecular complexity index is 550. The van der Waals surface area contributed by atoms with Crippen LogP contribution in [0.5, 0.6) is 0 Å². The number of allylic oxidation sites excluding steroid dienone is 1. The summed E-state index contributed by atoms with van der Waals surface area (Å²) in [5.74, 6) is 3.00. The van der Waals surface area contributed by atoms with E-state index in [1.807, 2.05) is 6.92 Å². The molecule has 128 valence electrons. The fourth-order valence-corrected chi connectivity index (χ4v) is 7.31. The molecule has 0 aromatic carbocycles. The fraction of sp³-hybridized carbons (Fsp3) is 0.857. The standard InChI is InChI=1S/C21H32O2/c1-13(22)17-6-7-18-16-5-4-14-12-15(23)8-10-20(14,2)19(16)9-11-21(17,18)3/h4,15-19,23H,5-12H2,1-3H3/t15-,16?,17?,18-,19-,20-,21?/m0/s1. The molecule has 3 saturated carbocycles. The van der Waals surface area contributed by atoms with E-state index >= 15 is 0 Å². The number of hydrogen-bond donors (Lipinski definition) is 1. The maximum atomic E-state index is 12.2. The molecule has 0 heterocycles. The van der Waals surface area contributed by atoms with Crippen molar-refractivity contribution < 1.29 is 9.90 Å². The number of aliphatic hydroxyl groups excluding tert-OH is 1. The number of fused-ring (bicyclic) bond motifs is 5. The summed E-state index contributed by atoms with van der Waals surface area (Å²) in [6, 6.07) is 0. The van der Waals surface area contributed by atoms with E-state index in [2.05, 4.69) is 19.9 Å². The molecular formula is C21H32O2. The minimum Gasteiger partial charge on any atom is -0.393 e. The van der Waals surface area contributed by atoms with Gasteiger partial charge in [0.15, 0.2) is 0 Å². The number of carbonyl (C=O) groups is 1. The van der Waals surface area contributed by atoms with Crippen molar-refractivity contribution in [2.45, 2.75) is 78.2 Å². The molecule has 0 aromatic rings. The Morgan fingerprint density at radius 3 is 2.65 bits per heavy atom. The van der Waals surface area contributed by atoms with E-state index in [0.29, 0.717) is 17.1 Å². The Morgan fingerprint density at radius 2 is 1.91 bits per heavy atom. The van der Waals surface area contributed by atoms with Crippen molar-refractivity contribution in [1.29, 1.82) is 0 Å². The van der Waals surface area contributed by atoms with Crippen molar-refractivity contribution >= 4 is 5.78 Å². The van der Waals surface area contributed by atoms with Gasteiger partial charge in [-0.25, -0.2) is 0 Å². The van der Waals surface area contributed by atoms with Gasteiger partial charge in [0.05, 0.1) is 6.10 Å². The highest BCUT2D eigenvalue weighted by Gasteiger charge is 2.59. The fourth-order valence-electron chi connectivity index (χ4n) is 7.31. The Hall–Kier alpha value is -0.630. The summed E-state index contributed by atoms with van der Waals surface area (Å²) in [4.78, 5) is 12.2.